The molecule has 1 saturated heterocycles. The lowest BCUT2D eigenvalue weighted by atomic mass is 9.96. The molecule has 1 atom stereocenters. The van der Waals surface area contributed by atoms with E-state index in [1.807, 2.05) is 65.6 Å². The summed E-state index contributed by atoms with van der Waals surface area (Å²) in [5.74, 6) is -0.144. The third kappa shape index (κ3) is 4.03. The Hall–Kier alpha value is -3.21. The van der Waals surface area contributed by atoms with Crippen molar-refractivity contribution < 1.29 is 9.59 Å². The van der Waals surface area contributed by atoms with Gasteiger partial charge in [0.2, 0.25) is 11.8 Å². The molecule has 2 aromatic carbocycles. The lowest BCUT2D eigenvalue weighted by Crippen LogP contribution is -2.44. The van der Waals surface area contributed by atoms with Gasteiger partial charge in [-0.3, -0.25) is 14.6 Å². The largest absolute Gasteiger partial charge is 0.342 e. The summed E-state index contributed by atoms with van der Waals surface area (Å²) in [4.78, 5) is 31.8. The topological polar surface area (TPSA) is 62.3 Å². The fraction of sp³-hybridized carbons (Fsp3) is 0.261. The number of carbonyl (C=O) groups excluding carboxylic acids is 2. The number of piperidine rings is 1. The van der Waals surface area contributed by atoms with E-state index in [-0.39, 0.29) is 17.7 Å². The summed E-state index contributed by atoms with van der Waals surface area (Å²) in [5, 5.41) is 3.99. The number of nitrogens with one attached hydrogen (secondary N) is 1. The van der Waals surface area contributed by atoms with E-state index in [1.54, 1.807) is 6.20 Å². The molecule has 1 aromatic heterocycles. The zero-order chi connectivity index (χ0) is 19.3. The molecule has 5 nitrogen and oxygen atoms in total. The monoisotopic (exact) mass is 373 g/mol. The first-order chi connectivity index (χ1) is 13.7. The van der Waals surface area contributed by atoms with Crippen molar-refractivity contribution in [1.82, 2.24) is 9.88 Å². The van der Waals surface area contributed by atoms with Gasteiger partial charge in [0.1, 0.15) is 0 Å². The Bertz CT molecular complexity index is 982. The van der Waals surface area contributed by atoms with Crippen LogP contribution in [0, 0.1) is 5.92 Å². The van der Waals surface area contributed by atoms with Crippen LogP contribution in [-0.4, -0.2) is 34.8 Å². The van der Waals surface area contributed by atoms with E-state index in [9.17, 15) is 9.59 Å². The summed E-state index contributed by atoms with van der Waals surface area (Å²) in [6.07, 6.45) is 3.70. The van der Waals surface area contributed by atoms with E-state index in [0.29, 0.717) is 19.5 Å². The molecule has 0 spiro atoms. The maximum absolute atomic E-state index is 12.9. The molecule has 28 heavy (non-hydrogen) atoms. The van der Waals surface area contributed by atoms with Crippen LogP contribution in [0.2, 0.25) is 0 Å². The molecular weight excluding hydrogens is 350 g/mol. The molecule has 1 aliphatic heterocycles. The van der Waals surface area contributed by atoms with E-state index in [1.165, 1.54) is 0 Å². The van der Waals surface area contributed by atoms with Crippen molar-refractivity contribution in [3.63, 3.8) is 0 Å². The fourth-order valence-electron chi connectivity index (χ4n) is 3.77. The molecule has 4 rings (SSSR count). The van der Waals surface area contributed by atoms with Crippen LogP contribution in [-0.2, 0) is 16.0 Å². The normalized spacial score (nSPS) is 16.7. The van der Waals surface area contributed by atoms with Gasteiger partial charge in [0.05, 0.1) is 17.9 Å². The number of carbonyl (C=O) groups is 2. The number of likely N-dealkylation sites (tertiary alicyclic amines) is 1. The summed E-state index contributed by atoms with van der Waals surface area (Å²) in [7, 11) is 0. The number of amides is 2. The highest BCUT2D eigenvalue weighted by Crippen LogP contribution is 2.21. The van der Waals surface area contributed by atoms with Crippen LogP contribution in [0.5, 0.6) is 0 Å². The number of hydrogen-bond donors (Lipinski definition) is 1. The van der Waals surface area contributed by atoms with E-state index in [2.05, 4.69) is 10.3 Å². The van der Waals surface area contributed by atoms with Gasteiger partial charge in [-0.15, -0.1) is 0 Å². The van der Waals surface area contributed by atoms with Gasteiger partial charge in [-0.05, 0) is 36.6 Å². The third-order valence-corrected chi connectivity index (χ3v) is 5.24. The van der Waals surface area contributed by atoms with Crippen molar-refractivity contribution in [2.24, 2.45) is 5.92 Å². The number of para-hydroxylation sites is 2. The quantitative estimate of drug-likeness (QED) is 0.759. The second-order valence-corrected chi connectivity index (χ2v) is 7.20. The Morgan fingerprint density at radius 1 is 1.04 bits per heavy atom. The Kier molecular flexibility index (Phi) is 5.33. The average Bonchev–Trinajstić information content (AvgIpc) is 2.75. The van der Waals surface area contributed by atoms with Crippen LogP contribution in [0.25, 0.3) is 10.9 Å². The zero-order valence-corrected chi connectivity index (χ0v) is 15.7. The molecule has 2 amide bonds. The van der Waals surface area contributed by atoms with Gasteiger partial charge >= 0.3 is 0 Å². The van der Waals surface area contributed by atoms with E-state index >= 15 is 0 Å². The zero-order valence-electron chi connectivity index (χ0n) is 15.7. The van der Waals surface area contributed by atoms with E-state index < -0.39 is 0 Å². The van der Waals surface area contributed by atoms with Crippen LogP contribution >= 0.6 is 0 Å². The number of fused-ring (bicyclic) bond motifs is 1. The number of anilines is 1. The predicted molar refractivity (Wildman–Crippen MR) is 110 cm³/mol. The highest BCUT2D eigenvalue weighted by Gasteiger charge is 2.28. The van der Waals surface area contributed by atoms with Crippen LogP contribution in [0.3, 0.4) is 0 Å². The van der Waals surface area contributed by atoms with Gasteiger partial charge in [0.15, 0.2) is 0 Å². The minimum atomic E-state index is -0.177. The molecule has 0 bridgehead atoms. The molecule has 2 heterocycles. The second-order valence-electron chi connectivity index (χ2n) is 7.20. The smallest absolute Gasteiger partial charge is 0.229 e. The van der Waals surface area contributed by atoms with Gasteiger partial charge in [-0.1, -0.05) is 42.5 Å². The molecule has 0 radical (unpaired) electrons. The Morgan fingerprint density at radius 2 is 1.86 bits per heavy atom. The lowest BCUT2D eigenvalue weighted by molar-refractivity contribution is -0.133. The average molecular weight is 373 g/mol. The molecule has 1 unspecified atom stereocenters. The molecule has 142 valence electrons. The SMILES string of the molecule is O=C(Nc1ccccc1)C1CCCN(C(=O)Cc2cccc3cccnc23)C1. The van der Waals surface area contributed by atoms with Gasteiger partial charge in [-0.2, -0.15) is 0 Å². The Balaban J connectivity index is 1.42. The van der Waals surface area contributed by atoms with Gasteiger partial charge < -0.3 is 10.2 Å². The highest BCUT2D eigenvalue weighted by atomic mass is 16.2. The first-order valence-electron chi connectivity index (χ1n) is 9.67. The van der Waals surface area contributed by atoms with Crippen molar-refractivity contribution in [2.45, 2.75) is 19.3 Å². The van der Waals surface area contributed by atoms with Crippen LogP contribution in [0.1, 0.15) is 18.4 Å². The summed E-state index contributed by atoms with van der Waals surface area (Å²) >= 11 is 0. The molecule has 0 aliphatic carbocycles. The van der Waals surface area contributed by atoms with Crippen LogP contribution in [0.4, 0.5) is 5.69 Å². The molecule has 3 aromatic rings. The molecule has 1 fully saturated rings. The number of hydrogen-bond acceptors (Lipinski definition) is 3. The van der Waals surface area contributed by atoms with Crippen LogP contribution < -0.4 is 5.32 Å². The van der Waals surface area contributed by atoms with Gasteiger partial charge in [0, 0.05) is 30.4 Å². The van der Waals surface area contributed by atoms with Gasteiger partial charge in [0.25, 0.3) is 0 Å². The van der Waals surface area contributed by atoms with Crippen molar-refractivity contribution in [3.8, 4) is 0 Å². The molecule has 0 saturated carbocycles. The molecule has 5 heteroatoms. The van der Waals surface area contributed by atoms with Gasteiger partial charge in [-0.25, -0.2) is 0 Å². The third-order valence-electron chi connectivity index (χ3n) is 5.24. The lowest BCUT2D eigenvalue weighted by Gasteiger charge is -2.32. The van der Waals surface area contributed by atoms with Crippen molar-refractivity contribution >= 4 is 28.4 Å². The molecule has 1 N–H and O–H groups in total. The van der Waals surface area contributed by atoms with E-state index in [4.69, 9.17) is 0 Å². The number of benzene rings is 2. The number of aromatic nitrogens is 1. The minimum Gasteiger partial charge on any atom is -0.342 e. The van der Waals surface area contributed by atoms with Crippen molar-refractivity contribution in [3.05, 3.63) is 72.4 Å². The summed E-state index contributed by atoms with van der Waals surface area (Å²) in [6.45, 7) is 1.17. The highest BCUT2D eigenvalue weighted by molar-refractivity contribution is 5.93. The number of rotatable bonds is 4. The Labute approximate surface area is 164 Å². The Morgan fingerprint density at radius 3 is 2.71 bits per heavy atom. The molecular formula is C23H23N3O2. The maximum atomic E-state index is 12.9. The summed E-state index contributed by atoms with van der Waals surface area (Å²) in [5.41, 5.74) is 2.59. The number of nitrogens with zero attached hydrogens (tertiary/aromatic N) is 2. The minimum absolute atomic E-state index is 0.0180. The fourth-order valence-corrected chi connectivity index (χ4v) is 3.77. The van der Waals surface area contributed by atoms with Crippen molar-refractivity contribution in [2.75, 3.05) is 18.4 Å². The second kappa shape index (κ2) is 8.21. The summed E-state index contributed by atoms with van der Waals surface area (Å²) < 4.78 is 0. The van der Waals surface area contributed by atoms with Crippen molar-refractivity contribution in [1.29, 1.82) is 0 Å². The number of pyridine rings is 1. The van der Waals surface area contributed by atoms with Crippen LogP contribution in [0.15, 0.2) is 66.9 Å². The standard InChI is InChI=1S/C23H23N3O2/c27-21(15-18-8-4-7-17-9-5-13-24-22(17)18)26-14-6-10-19(16-26)23(28)25-20-11-2-1-3-12-20/h1-5,7-9,11-13,19H,6,10,14-16H2,(H,25,28). The summed E-state index contributed by atoms with van der Waals surface area (Å²) in [6, 6.07) is 19.3. The van der Waals surface area contributed by atoms with E-state index in [0.717, 1.165) is 35.0 Å². The predicted octanol–water partition coefficient (Wildman–Crippen LogP) is 3.65. The first kappa shape index (κ1) is 18.2. The maximum Gasteiger partial charge on any atom is 0.229 e. The molecule has 1 aliphatic rings. The first-order valence-corrected chi connectivity index (χ1v) is 9.67.